The predicted molar refractivity (Wildman–Crippen MR) is 111 cm³/mol. The summed E-state index contributed by atoms with van der Waals surface area (Å²) in [5.41, 5.74) is 2.85. The van der Waals surface area contributed by atoms with Crippen molar-refractivity contribution in [3.8, 4) is 11.5 Å². The molecule has 0 spiro atoms. The van der Waals surface area contributed by atoms with Gasteiger partial charge in [0.1, 0.15) is 6.04 Å². The summed E-state index contributed by atoms with van der Waals surface area (Å²) in [4.78, 5) is 12.8. The van der Waals surface area contributed by atoms with Crippen molar-refractivity contribution in [2.45, 2.75) is 26.8 Å². The normalized spacial score (nSPS) is 12.2. The van der Waals surface area contributed by atoms with Gasteiger partial charge in [-0.3, -0.25) is 9.10 Å². The van der Waals surface area contributed by atoms with Gasteiger partial charge in [-0.05, 0) is 50.1 Å². The number of aryl methyl sites for hydroxylation is 2. The van der Waals surface area contributed by atoms with Crippen LogP contribution in [0.1, 0.15) is 18.1 Å². The molecule has 2 rings (SSSR count). The van der Waals surface area contributed by atoms with Crippen molar-refractivity contribution < 1.29 is 22.7 Å². The van der Waals surface area contributed by atoms with Crippen molar-refractivity contribution in [3.05, 3.63) is 47.5 Å². The number of methoxy groups -OCH3 is 2. The fraction of sp³-hybridized carbons (Fsp3) is 0.350. The molecular formula is C20H26N2O5S. The SMILES string of the molecule is COc1ccc(N([C@@H](C)C(=O)Nc2cc(C)ccc2C)S(C)(=O)=O)cc1OC. The van der Waals surface area contributed by atoms with Crippen molar-refractivity contribution in [2.75, 3.05) is 30.1 Å². The van der Waals surface area contributed by atoms with Crippen LogP contribution in [0.15, 0.2) is 36.4 Å². The molecule has 0 saturated heterocycles. The molecule has 7 nitrogen and oxygen atoms in total. The molecule has 0 bridgehead atoms. The summed E-state index contributed by atoms with van der Waals surface area (Å²) in [5, 5.41) is 2.82. The van der Waals surface area contributed by atoms with E-state index in [0.717, 1.165) is 21.7 Å². The molecule has 0 aliphatic rings. The standard InChI is InChI=1S/C20H26N2O5S/c1-13-7-8-14(2)17(11-13)21-20(23)15(3)22(28(6,24)25)16-9-10-18(26-4)19(12-16)27-5/h7-12,15H,1-6H3,(H,21,23)/t15-/m0/s1. The average molecular weight is 407 g/mol. The summed E-state index contributed by atoms with van der Waals surface area (Å²) in [6, 6.07) is 9.42. The van der Waals surface area contributed by atoms with E-state index in [0.29, 0.717) is 22.9 Å². The van der Waals surface area contributed by atoms with Crippen molar-refractivity contribution in [1.82, 2.24) is 0 Å². The predicted octanol–water partition coefficient (Wildman–Crippen LogP) is 3.11. The molecule has 0 radical (unpaired) electrons. The molecule has 8 heteroatoms. The minimum absolute atomic E-state index is 0.309. The van der Waals surface area contributed by atoms with Crippen LogP contribution in [0.5, 0.6) is 11.5 Å². The molecule has 0 saturated carbocycles. The lowest BCUT2D eigenvalue weighted by molar-refractivity contribution is -0.116. The first kappa shape index (κ1) is 21.6. The van der Waals surface area contributed by atoms with Crippen LogP contribution in [0.25, 0.3) is 0 Å². The number of nitrogens with one attached hydrogen (secondary N) is 1. The first-order valence-corrected chi connectivity index (χ1v) is 10.5. The minimum atomic E-state index is -3.74. The van der Waals surface area contributed by atoms with Crippen LogP contribution in [0.2, 0.25) is 0 Å². The van der Waals surface area contributed by atoms with Gasteiger partial charge in [0.15, 0.2) is 11.5 Å². The Labute approximate surface area is 166 Å². The Bertz CT molecular complexity index is 973. The zero-order valence-corrected chi connectivity index (χ0v) is 17.8. The summed E-state index contributed by atoms with van der Waals surface area (Å²) in [7, 11) is -0.788. The second kappa shape index (κ2) is 8.52. The molecule has 0 fully saturated rings. The molecule has 2 aromatic rings. The van der Waals surface area contributed by atoms with E-state index >= 15 is 0 Å². The maximum absolute atomic E-state index is 12.8. The number of carbonyl (C=O) groups excluding carboxylic acids is 1. The lowest BCUT2D eigenvalue weighted by Crippen LogP contribution is -2.45. The van der Waals surface area contributed by atoms with E-state index in [2.05, 4.69) is 5.32 Å². The molecular weight excluding hydrogens is 380 g/mol. The number of rotatable bonds is 7. The Balaban J connectivity index is 2.40. The molecule has 0 unspecified atom stereocenters. The fourth-order valence-corrected chi connectivity index (χ4v) is 4.05. The van der Waals surface area contributed by atoms with Gasteiger partial charge in [-0.1, -0.05) is 12.1 Å². The summed E-state index contributed by atoms with van der Waals surface area (Å²) >= 11 is 0. The Hall–Kier alpha value is -2.74. The molecule has 1 N–H and O–H groups in total. The van der Waals surface area contributed by atoms with Gasteiger partial charge in [-0.25, -0.2) is 8.42 Å². The first-order chi connectivity index (χ1) is 13.1. The van der Waals surface area contributed by atoms with Gasteiger partial charge in [0.25, 0.3) is 0 Å². The molecule has 0 aromatic heterocycles. The third-order valence-electron chi connectivity index (χ3n) is 4.36. The summed E-state index contributed by atoms with van der Waals surface area (Å²) < 4.78 is 36.5. The largest absolute Gasteiger partial charge is 0.493 e. The van der Waals surface area contributed by atoms with Crippen molar-refractivity contribution >= 4 is 27.3 Å². The number of carbonyl (C=O) groups is 1. The topological polar surface area (TPSA) is 84.9 Å². The van der Waals surface area contributed by atoms with E-state index in [1.54, 1.807) is 12.1 Å². The molecule has 152 valence electrons. The van der Waals surface area contributed by atoms with Crippen LogP contribution < -0.4 is 19.1 Å². The monoisotopic (exact) mass is 406 g/mol. The summed E-state index contributed by atoms with van der Waals surface area (Å²) in [5.74, 6) is 0.400. The van der Waals surface area contributed by atoms with Crippen LogP contribution in [-0.4, -0.2) is 40.8 Å². The van der Waals surface area contributed by atoms with Crippen LogP contribution in [0.4, 0.5) is 11.4 Å². The van der Waals surface area contributed by atoms with Gasteiger partial charge in [0.2, 0.25) is 15.9 Å². The Morgan fingerprint density at radius 1 is 1.04 bits per heavy atom. The number of nitrogens with zero attached hydrogens (tertiary/aromatic N) is 1. The second-order valence-corrected chi connectivity index (χ2v) is 8.44. The average Bonchev–Trinajstić information content (AvgIpc) is 2.63. The molecule has 1 atom stereocenters. The van der Waals surface area contributed by atoms with Crippen LogP contribution in [0, 0.1) is 13.8 Å². The Morgan fingerprint density at radius 2 is 1.68 bits per heavy atom. The van der Waals surface area contributed by atoms with Gasteiger partial charge >= 0.3 is 0 Å². The lowest BCUT2D eigenvalue weighted by atomic mass is 10.1. The molecule has 28 heavy (non-hydrogen) atoms. The Kier molecular flexibility index (Phi) is 6.56. The van der Waals surface area contributed by atoms with Gasteiger partial charge < -0.3 is 14.8 Å². The maximum Gasteiger partial charge on any atom is 0.248 e. The quantitative estimate of drug-likeness (QED) is 0.764. The van der Waals surface area contributed by atoms with E-state index < -0.39 is 22.0 Å². The van der Waals surface area contributed by atoms with Crippen molar-refractivity contribution in [2.24, 2.45) is 0 Å². The highest BCUT2D eigenvalue weighted by Crippen LogP contribution is 2.33. The highest BCUT2D eigenvalue weighted by Gasteiger charge is 2.30. The molecule has 2 aromatic carbocycles. The highest BCUT2D eigenvalue weighted by molar-refractivity contribution is 7.92. The Morgan fingerprint density at radius 3 is 2.25 bits per heavy atom. The van der Waals surface area contributed by atoms with Gasteiger partial charge in [-0.15, -0.1) is 0 Å². The minimum Gasteiger partial charge on any atom is -0.493 e. The number of hydrogen-bond acceptors (Lipinski definition) is 5. The number of benzene rings is 2. The number of anilines is 2. The molecule has 0 aliphatic heterocycles. The number of amides is 1. The van der Waals surface area contributed by atoms with Crippen LogP contribution in [0.3, 0.4) is 0 Å². The highest BCUT2D eigenvalue weighted by atomic mass is 32.2. The zero-order chi connectivity index (χ0) is 21.1. The van der Waals surface area contributed by atoms with Gasteiger partial charge in [-0.2, -0.15) is 0 Å². The number of hydrogen-bond donors (Lipinski definition) is 1. The first-order valence-electron chi connectivity index (χ1n) is 8.68. The van der Waals surface area contributed by atoms with Crippen molar-refractivity contribution in [3.63, 3.8) is 0 Å². The van der Waals surface area contributed by atoms with Crippen molar-refractivity contribution in [1.29, 1.82) is 0 Å². The van der Waals surface area contributed by atoms with Crippen LogP contribution >= 0.6 is 0 Å². The zero-order valence-electron chi connectivity index (χ0n) is 16.9. The molecule has 1 amide bonds. The fourth-order valence-electron chi connectivity index (χ4n) is 2.88. The second-order valence-electron chi connectivity index (χ2n) is 6.58. The van der Waals surface area contributed by atoms with Gasteiger partial charge in [0, 0.05) is 11.8 Å². The van der Waals surface area contributed by atoms with E-state index in [-0.39, 0.29) is 0 Å². The smallest absolute Gasteiger partial charge is 0.248 e. The third-order valence-corrected chi connectivity index (χ3v) is 5.60. The molecule has 0 aliphatic carbocycles. The molecule has 0 heterocycles. The maximum atomic E-state index is 12.8. The number of sulfonamides is 1. The summed E-state index contributed by atoms with van der Waals surface area (Å²) in [6.45, 7) is 5.34. The summed E-state index contributed by atoms with van der Waals surface area (Å²) in [6.07, 6.45) is 1.06. The van der Waals surface area contributed by atoms with Gasteiger partial charge in [0.05, 0.1) is 26.2 Å². The lowest BCUT2D eigenvalue weighted by Gasteiger charge is -2.29. The van der Waals surface area contributed by atoms with E-state index in [1.165, 1.54) is 27.2 Å². The third kappa shape index (κ3) is 4.75. The number of ether oxygens (including phenoxy) is 2. The van der Waals surface area contributed by atoms with E-state index in [9.17, 15) is 13.2 Å². The van der Waals surface area contributed by atoms with E-state index in [1.807, 2.05) is 32.0 Å². The van der Waals surface area contributed by atoms with E-state index in [4.69, 9.17) is 9.47 Å². The van der Waals surface area contributed by atoms with Crippen LogP contribution in [-0.2, 0) is 14.8 Å².